The number of rotatable bonds is 2. The first kappa shape index (κ1) is 9.32. The van der Waals surface area contributed by atoms with Crippen LogP contribution in [0.25, 0.3) is 0 Å². The molecule has 0 aromatic heterocycles. The highest BCUT2D eigenvalue weighted by Crippen LogP contribution is 2.20. The standard InChI is InChI=1S/C7H14O6/c1-12-7-6(11)5(10)4(9)3(2-8)13-7/h3-11H,2H2,1H3/t3-,4-,5+,6-,7-/m1/s1/i4D. The molecule has 0 aromatic rings. The van der Waals surface area contributed by atoms with Gasteiger partial charge in [-0.05, 0) is 0 Å². The quantitative estimate of drug-likeness (QED) is 0.386. The minimum Gasteiger partial charge on any atom is -0.394 e. The van der Waals surface area contributed by atoms with Crippen LogP contribution in [-0.4, -0.2) is 64.8 Å². The topological polar surface area (TPSA) is 99.4 Å². The van der Waals surface area contributed by atoms with Gasteiger partial charge >= 0.3 is 0 Å². The van der Waals surface area contributed by atoms with Crippen molar-refractivity contribution in [2.45, 2.75) is 30.7 Å². The molecule has 1 rings (SSSR count). The van der Waals surface area contributed by atoms with Crippen molar-refractivity contribution in [3.63, 3.8) is 0 Å². The van der Waals surface area contributed by atoms with E-state index in [-0.39, 0.29) is 0 Å². The van der Waals surface area contributed by atoms with Gasteiger partial charge in [-0.2, -0.15) is 0 Å². The maximum atomic E-state index is 9.40. The summed E-state index contributed by atoms with van der Waals surface area (Å²) in [6.07, 6.45) is -8.19. The largest absolute Gasteiger partial charge is 0.394 e. The van der Waals surface area contributed by atoms with Crippen LogP contribution in [0.4, 0.5) is 0 Å². The third kappa shape index (κ3) is 1.98. The normalized spacial score (nSPS) is 53.2. The minimum absolute atomic E-state index is 0.649. The number of aliphatic hydroxyl groups excluding tert-OH is 3. The number of ether oxygens (including phenoxy) is 2. The third-order valence-electron chi connectivity index (χ3n) is 1.93. The molecule has 0 aliphatic carbocycles. The first-order chi connectivity index (χ1) is 6.45. The first-order valence-corrected chi connectivity index (χ1v) is 3.82. The zero-order valence-corrected chi connectivity index (χ0v) is 7.12. The van der Waals surface area contributed by atoms with Crippen molar-refractivity contribution < 1.29 is 31.3 Å². The third-order valence-corrected chi connectivity index (χ3v) is 1.93. The molecule has 78 valence electrons. The summed E-state index contributed by atoms with van der Waals surface area (Å²) >= 11 is 0. The smallest absolute Gasteiger partial charge is 0.186 e. The van der Waals surface area contributed by atoms with Gasteiger partial charge in [-0.1, -0.05) is 0 Å². The Balaban J connectivity index is 2.83. The Bertz CT molecular complexity index is 195. The van der Waals surface area contributed by atoms with Crippen molar-refractivity contribution in [3.8, 4) is 0 Å². The fraction of sp³-hybridized carbons (Fsp3) is 1.00. The summed E-state index contributed by atoms with van der Waals surface area (Å²) in [6.45, 7) is -0.649. The Morgan fingerprint density at radius 2 is 2.00 bits per heavy atom. The van der Waals surface area contributed by atoms with Crippen molar-refractivity contribution in [3.05, 3.63) is 0 Å². The Kier molecular flexibility index (Phi) is 3.09. The summed E-state index contributed by atoms with van der Waals surface area (Å²) in [5, 5.41) is 36.9. The van der Waals surface area contributed by atoms with Crippen LogP contribution in [0, 0.1) is 0 Å². The van der Waals surface area contributed by atoms with E-state index in [2.05, 4.69) is 4.74 Å². The second-order valence-electron chi connectivity index (χ2n) is 2.77. The number of methoxy groups -OCH3 is 1. The Morgan fingerprint density at radius 3 is 2.46 bits per heavy atom. The molecule has 5 atom stereocenters. The average molecular weight is 195 g/mol. The summed E-state index contributed by atoms with van der Waals surface area (Å²) < 4.78 is 16.8. The predicted molar refractivity (Wildman–Crippen MR) is 40.8 cm³/mol. The fourth-order valence-electron chi connectivity index (χ4n) is 1.16. The maximum Gasteiger partial charge on any atom is 0.186 e. The summed E-state index contributed by atoms with van der Waals surface area (Å²) in [6, 6.07) is 0. The van der Waals surface area contributed by atoms with Gasteiger partial charge in [-0.3, -0.25) is 0 Å². The molecule has 0 radical (unpaired) electrons. The molecule has 0 aromatic carbocycles. The summed E-state index contributed by atoms with van der Waals surface area (Å²) in [5.41, 5.74) is 0. The zero-order valence-electron chi connectivity index (χ0n) is 8.12. The van der Waals surface area contributed by atoms with E-state index in [1.165, 1.54) is 7.11 Å². The highest BCUT2D eigenvalue weighted by atomic mass is 16.7. The Labute approximate surface area is 76.7 Å². The van der Waals surface area contributed by atoms with Crippen LogP contribution in [-0.2, 0) is 9.47 Å². The van der Waals surface area contributed by atoms with E-state index in [0.717, 1.165) is 0 Å². The van der Waals surface area contributed by atoms with E-state index in [9.17, 15) is 15.3 Å². The fourth-order valence-corrected chi connectivity index (χ4v) is 1.16. The van der Waals surface area contributed by atoms with E-state index in [1.807, 2.05) is 0 Å². The summed E-state index contributed by atoms with van der Waals surface area (Å²) in [5.74, 6) is 0. The molecule has 1 fully saturated rings. The van der Waals surface area contributed by atoms with Crippen molar-refractivity contribution in [1.82, 2.24) is 0 Å². The molecular weight excluding hydrogens is 180 g/mol. The molecule has 1 aliphatic heterocycles. The lowest BCUT2D eigenvalue weighted by Crippen LogP contribution is -2.58. The molecular formula is C7H14O6. The van der Waals surface area contributed by atoms with Gasteiger partial charge in [-0.25, -0.2) is 0 Å². The molecule has 1 saturated heterocycles. The van der Waals surface area contributed by atoms with Crippen molar-refractivity contribution in [2.75, 3.05) is 13.7 Å². The van der Waals surface area contributed by atoms with Crippen molar-refractivity contribution >= 4 is 0 Å². The minimum atomic E-state index is -2.44. The number of hydrogen-bond donors (Lipinski definition) is 4. The second kappa shape index (κ2) is 4.32. The van der Waals surface area contributed by atoms with Gasteiger partial charge in [0.1, 0.15) is 24.4 Å². The molecule has 6 nitrogen and oxygen atoms in total. The lowest BCUT2D eigenvalue weighted by Gasteiger charge is -2.38. The van der Waals surface area contributed by atoms with Gasteiger partial charge < -0.3 is 29.9 Å². The van der Waals surface area contributed by atoms with Crippen LogP contribution >= 0.6 is 0 Å². The van der Waals surface area contributed by atoms with Gasteiger partial charge in [0.15, 0.2) is 6.29 Å². The highest BCUT2D eigenvalue weighted by molar-refractivity contribution is 4.88. The van der Waals surface area contributed by atoms with E-state index < -0.39 is 37.3 Å². The summed E-state index contributed by atoms with van der Waals surface area (Å²) in [7, 11) is 1.24. The van der Waals surface area contributed by atoms with Crippen LogP contribution in [0.3, 0.4) is 0 Å². The molecule has 4 N–H and O–H groups in total. The van der Waals surface area contributed by atoms with E-state index in [4.69, 9.17) is 11.2 Å². The maximum absolute atomic E-state index is 9.40. The molecule has 6 heteroatoms. The molecule has 0 saturated carbocycles. The van der Waals surface area contributed by atoms with Crippen LogP contribution in [0.2, 0.25) is 0 Å². The van der Waals surface area contributed by atoms with Crippen LogP contribution in [0.1, 0.15) is 1.37 Å². The predicted octanol–water partition coefficient (Wildman–Crippen LogP) is -2.57. The molecule has 1 aliphatic rings. The van der Waals surface area contributed by atoms with Gasteiger partial charge in [0.05, 0.1) is 7.98 Å². The lowest BCUT2D eigenvalue weighted by molar-refractivity contribution is -0.294. The second-order valence-corrected chi connectivity index (χ2v) is 2.77. The SMILES string of the molecule is [2H][C@]1(O)[C@H](O)[C@@H](O)[C@H](OC)O[C@@H]1CO. The zero-order chi connectivity index (χ0) is 10.9. The van der Waals surface area contributed by atoms with Crippen LogP contribution in [0.5, 0.6) is 0 Å². The summed E-state index contributed by atoms with van der Waals surface area (Å²) in [4.78, 5) is 0. The highest BCUT2D eigenvalue weighted by Gasteiger charge is 2.43. The first-order valence-electron chi connectivity index (χ1n) is 4.32. The van der Waals surface area contributed by atoms with E-state index in [0.29, 0.717) is 0 Å². The number of aliphatic hydroxyl groups is 4. The van der Waals surface area contributed by atoms with E-state index >= 15 is 0 Å². The Morgan fingerprint density at radius 1 is 1.38 bits per heavy atom. The molecule has 0 amide bonds. The van der Waals surface area contributed by atoms with Gasteiger partial charge in [0, 0.05) is 7.11 Å². The molecule has 0 unspecified atom stereocenters. The Hall–Kier alpha value is -0.240. The van der Waals surface area contributed by atoms with Crippen molar-refractivity contribution in [2.24, 2.45) is 0 Å². The van der Waals surface area contributed by atoms with Gasteiger partial charge in [-0.15, -0.1) is 0 Å². The van der Waals surface area contributed by atoms with Gasteiger partial charge in [0.2, 0.25) is 0 Å². The lowest BCUT2D eigenvalue weighted by atomic mass is 9.99. The van der Waals surface area contributed by atoms with Crippen molar-refractivity contribution in [1.29, 1.82) is 0 Å². The van der Waals surface area contributed by atoms with Crippen LogP contribution in [0.15, 0.2) is 0 Å². The van der Waals surface area contributed by atoms with Crippen LogP contribution < -0.4 is 0 Å². The van der Waals surface area contributed by atoms with Gasteiger partial charge in [0.25, 0.3) is 0 Å². The molecule has 1 heterocycles. The number of hydrogen-bond acceptors (Lipinski definition) is 6. The monoisotopic (exact) mass is 195 g/mol. The average Bonchev–Trinajstić information content (AvgIpc) is 2.15. The molecule has 0 spiro atoms. The molecule has 13 heavy (non-hydrogen) atoms. The molecule has 0 bridgehead atoms. The van der Waals surface area contributed by atoms with E-state index in [1.54, 1.807) is 0 Å².